The number of terminal acetylenes is 1. The molecule has 2 aromatic heterocycles. The molecule has 0 saturated carbocycles. The molecule has 1 N–H and O–H groups in total. The maximum absolute atomic E-state index is 12.1. The number of carboxylic acid groups (broad SMARTS) is 1. The van der Waals surface area contributed by atoms with Gasteiger partial charge in [0.05, 0.1) is 12.8 Å². The van der Waals surface area contributed by atoms with Crippen LogP contribution in [-0.2, 0) is 4.79 Å². The van der Waals surface area contributed by atoms with Crippen LogP contribution in [0.5, 0.6) is 0 Å². The van der Waals surface area contributed by atoms with Crippen molar-refractivity contribution in [1.82, 2.24) is 9.88 Å². The van der Waals surface area contributed by atoms with Gasteiger partial charge in [-0.1, -0.05) is 5.92 Å². The maximum atomic E-state index is 12.1. The molecule has 0 bridgehead atoms. The molecule has 0 aliphatic carbocycles. The molecular formula is C13H10N2O4S. The molecule has 6 nitrogen and oxygen atoms in total. The summed E-state index contributed by atoms with van der Waals surface area (Å²) in [7, 11) is 0. The van der Waals surface area contributed by atoms with Gasteiger partial charge in [-0.05, 0) is 12.1 Å². The number of carbonyl (C=O) groups excluding carboxylic acids is 1. The number of furan rings is 1. The van der Waals surface area contributed by atoms with Gasteiger partial charge < -0.3 is 14.4 Å². The van der Waals surface area contributed by atoms with E-state index < -0.39 is 18.4 Å². The zero-order valence-corrected chi connectivity index (χ0v) is 11.1. The number of aromatic nitrogens is 1. The van der Waals surface area contributed by atoms with Crippen LogP contribution in [0.25, 0.3) is 10.8 Å². The Hall–Kier alpha value is -2.59. The van der Waals surface area contributed by atoms with E-state index in [4.69, 9.17) is 15.9 Å². The Bertz CT molecular complexity index is 654. The van der Waals surface area contributed by atoms with E-state index in [2.05, 4.69) is 10.9 Å². The molecule has 20 heavy (non-hydrogen) atoms. The lowest BCUT2D eigenvalue weighted by Crippen LogP contribution is -2.36. The third-order valence-electron chi connectivity index (χ3n) is 2.35. The van der Waals surface area contributed by atoms with E-state index in [0.29, 0.717) is 10.8 Å². The number of hydrogen-bond acceptors (Lipinski definition) is 5. The summed E-state index contributed by atoms with van der Waals surface area (Å²) < 4.78 is 5.18. The predicted molar refractivity (Wildman–Crippen MR) is 72.2 cm³/mol. The van der Waals surface area contributed by atoms with Gasteiger partial charge in [0, 0.05) is 5.38 Å². The lowest BCUT2D eigenvalue weighted by molar-refractivity contribution is -0.137. The van der Waals surface area contributed by atoms with E-state index in [0.717, 1.165) is 4.90 Å². The summed E-state index contributed by atoms with van der Waals surface area (Å²) in [5.74, 6) is 1.16. The fourth-order valence-corrected chi connectivity index (χ4v) is 2.28. The van der Waals surface area contributed by atoms with Gasteiger partial charge in [-0.3, -0.25) is 9.59 Å². The predicted octanol–water partition coefficient (Wildman–Crippen LogP) is 1.56. The molecule has 0 unspecified atom stereocenters. The second-order valence-corrected chi connectivity index (χ2v) is 4.63. The first kappa shape index (κ1) is 13.8. The van der Waals surface area contributed by atoms with Crippen LogP contribution >= 0.6 is 11.3 Å². The molecule has 0 aromatic carbocycles. The van der Waals surface area contributed by atoms with E-state index >= 15 is 0 Å². The van der Waals surface area contributed by atoms with Crippen LogP contribution in [0.2, 0.25) is 0 Å². The summed E-state index contributed by atoms with van der Waals surface area (Å²) in [6.07, 6.45) is 6.64. The largest absolute Gasteiger partial charge is 0.480 e. The van der Waals surface area contributed by atoms with Gasteiger partial charge in [0.1, 0.15) is 12.2 Å². The van der Waals surface area contributed by atoms with Crippen molar-refractivity contribution in [2.75, 3.05) is 13.1 Å². The number of rotatable bonds is 5. The van der Waals surface area contributed by atoms with Gasteiger partial charge in [0.2, 0.25) is 0 Å². The van der Waals surface area contributed by atoms with E-state index in [-0.39, 0.29) is 12.2 Å². The maximum Gasteiger partial charge on any atom is 0.323 e. The third kappa shape index (κ3) is 3.05. The highest BCUT2D eigenvalue weighted by atomic mass is 32.1. The van der Waals surface area contributed by atoms with Crippen LogP contribution in [0.15, 0.2) is 28.2 Å². The van der Waals surface area contributed by atoms with Crippen molar-refractivity contribution in [3.05, 3.63) is 29.5 Å². The highest BCUT2D eigenvalue weighted by Gasteiger charge is 2.21. The second kappa shape index (κ2) is 6.04. The van der Waals surface area contributed by atoms with Crippen molar-refractivity contribution in [1.29, 1.82) is 0 Å². The summed E-state index contributed by atoms with van der Waals surface area (Å²) in [4.78, 5) is 28.0. The van der Waals surface area contributed by atoms with E-state index in [1.54, 1.807) is 17.5 Å². The normalized spacial score (nSPS) is 9.95. The minimum atomic E-state index is -1.13. The number of carbonyl (C=O) groups is 2. The minimum absolute atomic E-state index is 0.0846. The lowest BCUT2D eigenvalue weighted by atomic mass is 10.3. The van der Waals surface area contributed by atoms with E-state index in [9.17, 15) is 9.59 Å². The van der Waals surface area contributed by atoms with Gasteiger partial charge in [-0.15, -0.1) is 17.8 Å². The molecule has 0 aliphatic heterocycles. The van der Waals surface area contributed by atoms with Crippen molar-refractivity contribution >= 4 is 23.2 Å². The van der Waals surface area contributed by atoms with Gasteiger partial charge in [-0.2, -0.15) is 0 Å². The Morgan fingerprint density at radius 2 is 2.35 bits per heavy atom. The summed E-state index contributed by atoms with van der Waals surface area (Å²) >= 11 is 1.24. The molecule has 0 saturated heterocycles. The summed E-state index contributed by atoms with van der Waals surface area (Å²) in [5.41, 5.74) is 0.151. The fourth-order valence-electron chi connectivity index (χ4n) is 1.52. The first-order chi connectivity index (χ1) is 9.61. The fraction of sp³-hybridized carbons (Fsp3) is 0.154. The van der Waals surface area contributed by atoms with Crippen LogP contribution in [0.4, 0.5) is 0 Å². The first-order valence-electron chi connectivity index (χ1n) is 5.55. The smallest absolute Gasteiger partial charge is 0.323 e. The van der Waals surface area contributed by atoms with Crippen LogP contribution in [0.1, 0.15) is 10.5 Å². The molecule has 102 valence electrons. The number of carboxylic acids is 1. The van der Waals surface area contributed by atoms with Gasteiger partial charge in [-0.25, -0.2) is 4.98 Å². The number of amides is 1. The Morgan fingerprint density at radius 1 is 1.55 bits per heavy atom. The summed E-state index contributed by atoms with van der Waals surface area (Å²) in [6.45, 7) is -0.546. The number of thiazole rings is 1. The van der Waals surface area contributed by atoms with Crippen LogP contribution in [-0.4, -0.2) is 40.0 Å². The Balaban J connectivity index is 2.19. The van der Waals surface area contributed by atoms with Crippen LogP contribution in [0.3, 0.4) is 0 Å². The molecule has 2 aromatic rings. The quantitative estimate of drug-likeness (QED) is 0.845. The molecule has 0 radical (unpaired) electrons. The summed E-state index contributed by atoms with van der Waals surface area (Å²) in [6, 6.07) is 3.44. The highest BCUT2D eigenvalue weighted by Crippen LogP contribution is 2.24. The first-order valence-corrected chi connectivity index (χ1v) is 6.43. The van der Waals surface area contributed by atoms with Crippen molar-refractivity contribution in [3.63, 3.8) is 0 Å². The van der Waals surface area contributed by atoms with Gasteiger partial charge in [0.25, 0.3) is 5.91 Å². The lowest BCUT2D eigenvalue weighted by Gasteiger charge is -2.16. The molecule has 0 spiro atoms. The molecule has 2 rings (SSSR count). The Labute approximate surface area is 118 Å². The molecule has 2 heterocycles. The van der Waals surface area contributed by atoms with Crippen LogP contribution in [0, 0.1) is 12.3 Å². The van der Waals surface area contributed by atoms with Crippen LogP contribution < -0.4 is 0 Å². The van der Waals surface area contributed by atoms with E-state index in [1.807, 2.05) is 0 Å². The minimum Gasteiger partial charge on any atom is -0.480 e. The molecule has 1 amide bonds. The SMILES string of the molecule is C#CCN(CC(=O)O)C(=O)c1csc(-c2ccco2)n1. The zero-order valence-electron chi connectivity index (χ0n) is 10.3. The summed E-state index contributed by atoms with van der Waals surface area (Å²) in [5, 5.41) is 10.9. The van der Waals surface area contributed by atoms with Gasteiger partial charge >= 0.3 is 5.97 Å². The van der Waals surface area contributed by atoms with Gasteiger partial charge in [0.15, 0.2) is 10.8 Å². The zero-order chi connectivity index (χ0) is 14.5. The highest BCUT2D eigenvalue weighted by molar-refractivity contribution is 7.13. The Morgan fingerprint density at radius 3 is 2.95 bits per heavy atom. The standard InChI is InChI=1S/C13H10N2O4S/c1-2-5-15(7-11(16)17)13(18)9-8-20-12(14-9)10-4-3-6-19-10/h1,3-4,6,8H,5,7H2,(H,16,17). The molecule has 0 atom stereocenters. The van der Waals surface area contributed by atoms with Crippen molar-refractivity contribution < 1.29 is 19.1 Å². The molecular weight excluding hydrogens is 280 g/mol. The third-order valence-corrected chi connectivity index (χ3v) is 3.21. The molecule has 0 fully saturated rings. The van der Waals surface area contributed by atoms with E-state index in [1.165, 1.54) is 17.6 Å². The number of hydrogen-bond donors (Lipinski definition) is 1. The Kier molecular flexibility index (Phi) is 4.17. The average molecular weight is 290 g/mol. The average Bonchev–Trinajstić information content (AvgIpc) is 3.07. The topological polar surface area (TPSA) is 83.6 Å². The molecule has 0 aliphatic rings. The number of aliphatic carboxylic acids is 1. The number of nitrogens with zero attached hydrogens (tertiary/aromatic N) is 2. The monoisotopic (exact) mass is 290 g/mol. The van der Waals surface area contributed by atoms with Crippen molar-refractivity contribution in [3.8, 4) is 23.1 Å². The molecule has 7 heteroatoms. The van der Waals surface area contributed by atoms with Crippen molar-refractivity contribution in [2.45, 2.75) is 0 Å². The van der Waals surface area contributed by atoms with Crippen molar-refractivity contribution in [2.24, 2.45) is 0 Å². The second-order valence-electron chi connectivity index (χ2n) is 3.77.